The van der Waals surface area contributed by atoms with Crippen LogP contribution in [0, 0.1) is 11.8 Å². The Balaban J connectivity index is 1.48. The van der Waals surface area contributed by atoms with Crippen molar-refractivity contribution < 1.29 is 0 Å². The standard InChI is InChI=1S/C14H26N2S/c1-2-12(8-15-6-1)9-16(14-3-4-14)10-13-5-7-17-11-13/h12-15H,1-11H2. The average molecular weight is 254 g/mol. The largest absolute Gasteiger partial charge is 0.316 e. The number of hydrogen-bond acceptors (Lipinski definition) is 3. The van der Waals surface area contributed by atoms with Crippen molar-refractivity contribution in [3.05, 3.63) is 0 Å². The lowest BCUT2D eigenvalue weighted by Gasteiger charge is -2.31. The van der Waals surface area contributed by atoms with Crippen LogP contribution in [0.2, 0.25) is 0 Å². The van der Waals surface area contributed by atoms with Crippen LogP contribution >= 0.6 is 11.8 Å². The molecule has 1 aliphatic carbocycles. The van der Waals surface area contributed by atoms with Gasteiger partial charge in [0, 0.05) is 19.1 Å². The summed E-state index contributed by atoms with van der Waals surface area (Å²) in [7, 11) is 0. The number of hydrogen-bond donors (Lipinski definition) is 1. The van der Waals surface area contributed by atoms with Gasteiger partial charge in [-0.05, 0) is 68.5 Å². The fraction of sp³-hybridized carbons (Fsp3) is 1.00. The zero-order chi connectivity index (χ0) is 11.5. The molecule has 17 heavy (non-hydrogen) atoms. The molecule has 3 rings (SSSR count). The van der Waals surface area contributed by atoms with E-state index in [1.54, 1.807) is 0 Å². The van der Waals surface area contributed by atoms with Crippen molar-refractivity contribution in [3.63, 3.8) is 0 Å². The molecule has 0 bridgehead atoms. The summed E-state index contributed by atoms with van der Waals surface area (Å²) in [5.74, 6) is 4.76. The first-order chi connectivity index (χ1) is 8.42. The van der Waals surface area contributed by atoms with Gasteiger partial charge in [-0.1, -0.05) is 0 Å². The molecule has 3 fully saturated rings. The van der Waals surface area contributed by atoms with Crippen molar-refractivity contribution in [2.75, 3.05) is 37.7 Å². The highest BCUT2D eigenvalue weighted by Crippen LogP contribution is 2.32. The third-order valence-electron chi connectivity index (χ3n) is 4.47. The van der Waals surface area contributed by atoms with Gasteiger partial charge < -0.3 is 5.32 Å². The quantitative estimate of drug-likeness (QED) is 0.810. The maximum Gasteiger partial charge on any atom is 0.00966 e. The zero-order valence-corrected chi connectivity index (χ0v) is 11.7. The fourth-order valence-electron chi connectivity index (χ4n) is 3.28. The first-order valence-electron chi connectivity index (χ1n) is 7.44. The van der Waals surface area contributed by atoms with Crippen molar-refractivity contribution in [1.82, 2.24) is 10.2 Å². The molecular formula is C14H26N2S. The minimum Gasteiger partial charge on any atom is -0.316 e. The molecule has 1 N–H and O–H groups in total. The second-order valence-corrected chi connectivity index (χ2v) is 7.28. The van der Waals surface area contributed by atoms with Crippen LogP contribution in [-0.4, -0.2) is 48.6 Å². The maximum atomic E-state index is 3.56. The smallest absolute Gasteiger partial charge is 0.00966 e. The molecule has 3 aliphatic rings. The highest BCUT2D eigenvalue weighted by atomic mass is 32.2. The molecule has 2 nitrogen and oxygen atoms in total. The highest BCUT2D eigenvalue weighted by Gasteiger charge is 2.32. The minimum absolute atomic E-state index is 0.929. The van der Waals surface area contributed by atoms with Gasteiger partial charge in [0.1, 0.15) is 0 Å². The van der Waals surface area contributed by atoms with E-state index in [4.69, 9.17) is 0 Å². The van der Waals surface area contributed by atoms with Gasteiger partial charge in [0.15, 0.2) is 0 Å². The topological polar surface area (TPSA) is 15.3 Å². The predicted molar refractivity (Wildman–Crippen MR) is 75.6 cm³/mol. The average Bonchev–Trinajstić information content (AvgIpc) is 3.09. The summed E-state index contributed by atoms with van der Waals surface area (Å²) in [6, 6.07) is 0.961. The lowest BCUT2D eigenvalue weighted by atomic mass is 9.98. The third-order valence-corrected chi connectivity index (χ3v) is 5.70. The molecule has 2 saturated heterocycles. The van der Waals surface area contributed by atoms with E-state index in [2.05, 4.69) is 22.0 Å². The van der Waals surface area contributed by atoms with Gasteiger partial charge in [0.25, 0.3) is 0 Å². The summed E-state index contributed by atoms with van der Waals surface area (Å²) in [4.78, 5) is 2.84. The van der Waals surface area contributed by atoms with E-state index in [9.17, 15) is 0 Å². The SMILES string of the molecule is C1CNCC(CN(CC2CCSC2)C2CC2)C1. The molecule has 3 heteroatoms. The monoisotopic (exact) mass is 254 g/mol. The molecule has 0 spiro atoms. The molecule has 2 aliphatic heterocycles. The Morgan fingerprint density at radius 3 is 2.59 bits per heavy atom. The summed E-state index contributed by atoms with van der Waals surface area (Å²) in [5.41, 5.74) is 0. The molecular weight excluding hydrogens is 228 g/mol. The fourth-order valence-corrected chi connectivity index (χ4v) is 4.55. The molecule has 0 amide bonds. The van der Waals surface area contributed by atoms with Crippen LogP contribution in [0.15, 0.2) is 0 Å². The predicted octanol–water partition coefficient (Wildman–Crippen LogP) is 2.20. The normalized spacial score (nSPS) is 34.4. The molecule has 0 aromatic rings. The van der Waals surface area contributed by atoms with E-state index >= 15 is 0 Å². The maximum absolute atomic E-state index is 3.56. The second-order valence-electron chi connectivity index (χ2n) is 6.13. The molecule has 2 heterocycles. The third kappa shape index (κ3) is 3.62. The number of piperidine rings is 1. The highest BCUT2D eigenvalue weighted by molar-refractivity contribution is 7.99. The lowest BCUT2D eigenvalue weighted by molar-refractivity contribution is 0.179. The second kappa shape index (κ2) is 5.94. The Bertz CT molecular complexity index is 230. The van der Waals surface area contributed by atoms with Crippen LogP contribution in [0.25, 0.3) is 0 Å². The van der Waals surface area contributed by atoms with Crippen molar-refractivity contribution in [2.45, 2.75) is 38.1 Å². The molecule has 2 unspecified atom stereocenters. The Morgan fingerprint density at radius 1 is 1.06 bits per heavy atom. The van der Waals surface area contributed by atoms with Gasteiger partial charge in [-0.2, -0.15) is 11.8 Å². The Hall–Kier alpha value is 0.270. The van der Waals surface area contributed by atoms with Gasteiger partial charge in [-0.25, -0.2) is 0 Å². The first kappa shape index (κ1) is 12.3. The van der Waals surface area contributed by atoms with Crippen molar-refractivity contribution in [2.24, 2.45) is 11.8 Å². The van der Waals surface area contributed by atoms with E-state index < -0.39 is 0 Å². The molecule has 98 valence electrons. The van der Waals surface area contributed by atoms with Crippen LogP contribution in [-0.2, 0) is 0 Å². The molecule has 0 aromatic carbocycles. The van der Waals surface area contributed by atoms with Crippen LogP contribution in [0.3, 0.4) is 0 Å². The van der Waals surface area contributed by atoms with E-state index in [1.165, 1.54) is 69.8 Å². The van der Waals surface area contributed by atoms with Crippen LogP contribution in [0.5, 0.6) is 0 Å². The van der Waals surface area contributed by atoms with Gasteiger partial charge in [0.2, 0.25) is 0 Å². The minimum atomic E-state index is 0.929. The summed E-state index contributed by atoms with van der Waals surface area (Å²) >= 11 is 2.16. The summed E-state index contributed by atoms with van der Waals surface area (Å²) < 4.78 is 0. The molecule has 2 atom stereocenters. The molecule has 0 aromatic heterocycles. The first-order valence-corrected chi connectivity index (χ1v) is 8.60. The van der Waals surface area contributed by atoms with Gasteiger partial charge in [-0.15, -0.1) is 0 Å². The van der Waals surface area contributed by atoms with Crippen molar-refractivity contribution >= 4 is 11.8 Å². The van der Waals surface area contributed by atoms with Crippen LogP contribution in [0.4, 0.5) is 0 Å². The molecule has 1 saturated carbocycles. The summed E-state index contributed by atoms with van der Waals surface area (Å²) in [5, 5.41) is 3.56. The molecule has 0 radical (unpaired) electrons. The van der Waals surface area contributed by atoms with E-state index in [0.717, 1.165) is 17.9 Å². The van der Waals surface area contributed by atoms with Gasteiger partial charge >= 0.3 is 0 Å². The number of rotatable bonds is 5. The Morgan fingerprint density at radius 2 is 1.94 bits per heavy atom. The number of nitrogens with one attached hydrogen (secondary N) is 1. The summed E-state index contributed by atoms with van der Waals surface area (Å²) in [6.07, 6.45) is 7.26. The van der Waals surface area contributed by atoms with Gasteiger partial charge in [-0.3, -0.25) is 4.90 Å². The Labute approximate surface area is 110 Å². The number of thioether (sulfide) groups is 1. The van der Waals surface area contributed by atoms with E-state index in [1.807, 2.05) is 0 Å². The van der Waals surface area contributed by atoms with E-state index in [-0.39, 0.29) is 0 Å². The van der Waals surface area contributed by atoms with Crippen LogP contribution in [0.1, 0.15) is 32.1 Å². The van der Waals surface area contributed by atoms with Crippen molar-refractivity contribution in [3.8, 4) is 0 Å². The zero-order valence-electron chi connectivity index (χ0n) is 10.9. The Kier molecular flexibility index (Phi) is 4.30. The van der Waals surface area contributed by atoms with Crippen molar-refractivity contribution in [1.29, 1.82) is 0 Å². The number of nitrogens with zero attached hydrogens (tertiary/aromatic N) is 1. The van der Waals surface area contributed by atoms with E-state index in [0.29, 0.717) is 0 Å². The lowest BCUT2D eigenvalue weighted by Crippen LogP contribution is -2.41. The van der Waals surface area contributed by atoms with Crippen LogP contribution < -0.4 is 5.32 Å². The van der Waals surface area contributed by atoms with Gasteiger partial charge in [0.05, 0.1) is 0 Å². The summed E-state index contributed by atoms with van der Waals surface area (Å²) in [6.45, 7) is 5.29.